The van der Waals surface area contributed by atoms with E-state index in [1.807, 2.05) is 48.5 Å². The summed E-state index contributed by atoms with van der Waals surface area (Å²) in [6, 6.07) is 81.2. The Hall–Kier alpha value is -12.0. The van der Waals surface area contributed by atoms with Gasteiger partial charge in [-0.3, -0.25) is 0 Å². The first-order valence-electron chi connectivity index (χ1n) is 41.0. The topological polar surface area (TPSA) is 102 Å². The van der Waals surface area contributed by atoms with Crippen molar-refractivity contribution in [3.63, 3.8) is 0 Å². The average Bonchev–Trinajstić information content (AvgIpc) is 1.49. The summed E-state index contributed by atoms with van der Waals surface area (Å²) < 4.78 is 40.9. The van der Waals surface area contributed by atoms with E-state index < -0.39 is 11.2 Å². The van der Waals surface area contributed by atoms with Crippen LogP contribution >= 0.6 is 0 Å². The number of piperidine rings is 2. The lowest BCUT2D eigenvalue weighted by atomic mass is 9.76. The first-order chi connectivity index (χ1) is 55.7. The molecule has 570 valence electrons. The highest BCUT2D eigenvalue weighted by atomic mass is 16.5. The average molecular weight is 1500 g/mol. The molecular weight excluding hydrogens is 1410 g/mol. The van der Waals surface area contributed by atoms with Crippen molar-refractivity contribution >= 4 is 68.4 Å². The number of ether oxygens (including phenoxy) is 6. The van der Waals surface area contributed by atoms with Gasteiger partial charge in [0.05, 0.1) is 36.7 Å². The monoisotopic (exact) mass is 1500 g/mol. The van der Waals surface area contributed by atoms with Gasteiger partial charge in [-0.2, -0.15) is 0 Å². The summed E-state index contributed by atoms with van der Waals surface area (Å²) in [7, 11) is 3.51. The number of carbonyl (C=O) groups is 2. The van der Waals surface area contributed by atoms with Gasteiger partial charge in [0.15, 0.2) is 11.2 Å². The molecule has 114 heavy (non-hydrogen) atoms. The zero-order valence-corrected chi connectivity index (χ0v) is 65.8. The minimum atomic E-state index is -0.899. The van der Waals surface area contributed by atoms with Crippen LogP contribution in [-0.2, 0) is 31.5 Å². The first kappa shape index (κ1) is 71.0. The highest BCUT2D eigenvalue weighted by Gasteiger charge is 2.48. The van der Waals surface area contributed by atoms with Gasteiger partial charge in [0.2, 0.25) is 0 Å². The summed E-state index contributed by atoms with van der Waals surface area (Å²) in [5.41, 5.74) is 21.4. The molecule has 12 aromatic rings. The van der Waals surface area contributed by atoms with Gasteiger partial charge in [0.25, 0.3) is 0 Å². The maximum absolute atomic E-state index is 14.0. The van der Waals surface area contributed by atoms with Crippen LogP contribution in [0.1, 0.15) is 155 Å². The van der Waals surface area contributed by atoms with Crippen molar-refractivity contribution in [1.29, 1.82) is 0 Å². The Morgan fingerprint density at radius 3 is 1.10 bits per heavy atom. The Balaban J connectivity index is 0.504. The molecule has 4 saturated heterocycles. The van der Waals surface area contributed by atoms with Crippen LogP contribution in [0.15, 0.2) is 243 Å². The molecule has 12 aromatic carbocycles. The van der Waals surface area contributed by atoms with Gasteiger partial charge in [-0.25, -0.2) is 9.59 Å². The van der Waals surface area contributed by atoms with Crippen molar-refractivity contribution in [2.45, 2.75) is 113 Å². The van der Waals surface area contributed by atoms with Crippen LogP contribution < -0.4 is 38.5 Å². The summed E-state index contributed by atoms with van der Waals surface area (Å²) in [5.74, 6) is 2.52. The quantitative estimate of drug-likeness (QED) is 0.0913. The standard InChI is InChI=1S/C102H94N4O8/c1-99(2)85-27-15-13-25-77(85)91-81-61-87(89(109-5)63-83(81)95-79(93(91)99)45-51-101(113-95,69-21-9-7-10-22-69)71-37-41-73(42-38-71)103-53-17-18-54-103)105-57-47-75(48-58-105)111-97(107)67-33-29-65(30-34-67)66-31-35-68(36-32-66)98(108)112-76-49-59-106(60-50-76)88-62-82-84(64-90(88)110-6)96-80(94-92(82)78-26-14-16-28-86(78)100(94,3)4)46-52-102(114-96,70-23-11-8-12-24-70)72-39-43-74(44-40-72)104-55-19-20-56-104/h7-16,21-46,51-52,61-64,75-76H,17-20,47-50,53-60H2,1-6H3. The number of rotatable bonds is 15. The van der Waals surface area contributed by atoms with Crippen LogP contribution in [0.5, 0.6) is 23.0 Å². The Morgan fingerprint density at radius 2 is 0.728 bits per heavy atom. The summed E-state index contributed by atoms with van der Waals surface area (Å²) in [5, 5.41) is 4.23. The molecule has 12 heteroatoms. The van der Waals surface area contributed by atoms with E-state index in [-0.39, 0.29) is 35.0 Å². The lowest BCUT2D eigenvalue weighted by Gasteiger charge is -2.39. The summed E-state index contributed by atoms with van der Waals surface area (Å²) in [4.78, 5) is 37.7. The number of anilines is 4. The molecule has 0 amide bonds. The molecule has 6 heterocycles. The smallest absolute Gasteiger partial charge is 0.338 e. The second-order valence-corrected chi connectivity index (χ2v) is 33.4. The lowest BCUT2D eigenvalue weighted by Crippen LogP contribution is -2.38. The predicted octanol–water partition coefficient (Wildman–Crippen LogP) is 21.8. The maximum Gasteiger partial charge on any atom is 0.338 e. The van der Waals surface area contributed by atoms with E-state index in [0.29, 0.717) is 63.0 Å². The molecule has 2 unspecified atom stereocenters. The molecule has 2 atom stereocenters. The van der Waals surface area contributed by atoms with E-state index in [9.17, 15) is 9.59 Å². The third-order valence-electron chi connectivity index (χ3n) is 26.3. The molecule has 0 spiro atoms. The number of hydrogen-bond donors (Lipinski definition) is 0. The van der Waals surface area contributed by atoms with Crippen LogP contribution in [-0.4, -0.2) is 90.7 Å². The van der Waals surface area contributed by atoms with Crippen LogP contribution in [0, 0.1) is 0 Å². The molecule has 0 N–H and O–H groups in total. The third-order valence-corrected chi connectivity index (χ3v) is 26.3. The molecule has 0 bridgehead atoms. The Bertz CT molecular complexity index is 5490. The van der Waals surface area contributed by atoms with Gasteiger partial charge in [0, 0.05) is 144 Å². The Labute approximate surface area is 667 Å². The van der Waals surface area contributed by atoms with E-state index in [4.69, 9.17) is 28.4 Å². The van der Waals surface area contributed by atoms with Gasteiger partial charge >= 0.3 is 11.9 Å². The molecule has 0 aromatic heterocycles. The highest BCUT2D eigenvalue weighted by molar-refractivity contribution is 6.12. The SMILES string of the molecule is COc1cc2c3c(c4c(c2cc1N1CCC(OC(=O)c2ccc(-c5ccc(C(=O)OC6CCN(c7cc8c9c(c%10c(c8cc7OC)OC(c7ccccc7)(c7ccc(N8CCCC8)cc7)C=C%10)C(C)(C)c7ccccc7-9)CC6)cc5)cc2)CC1)-c1ccccc1C4(C)C)C=CC(c1ccccc1)(c1ccc(N2CCCC2)cc1)O3. The van der Waals surface area contributed by atoms with Crippen molar-refractivity contribution in [2.75, 3.05) is 86.2 Å². The van der Waals surface area contributed by atoms with Gasteiger partial charge in [0.1, 0.15) is 35.2 Å². The number of hydrogen-bond acceptors (Lipinski definition) is 12. The molecule has 20 rings (SSSR count). The van der Waals surface area contributed by atoms with Gasteiger partial charge in [-0.15, -0.1) is 0 Å². The summed E-state index contributed by atoms with van der Waals surface area (Å²) in [6.07, 6.45) is 16.2. The Kier molecular flexibility index (Phi) is 17.4. The maximum atomic E-state index is 14.0. The number of benzene rings is 12. The van der Waals surface area contributed by atoms with E-state index >= 15 is 0 Å². The second-order valence-electron chi connectivity index (χ2n) is 33.4. The molecule has 6 aliphatic heterocycles. The largest absolute Gasteiger partial charge is 0.495 e. The molecular formula is C102H94N4O8. The van der Waals surface area contributed by atoms with Gasteiger partial charge in [-0.05, 0) is 177 Å². The van der Waals surface area contributed by atoms with E-state index in [1.165, 1.54) is 81.6 Å². The number of nitrogens with zero attached hydrogens (tertiary/aromatic N) is 4. The molecule has 2 aliphatic carbocycles. The fourth-order valence-electron chi connectivity index (χ4n) is 20.3. The molecule has 8 aliphatic rings. The normalized spacial score (nSPS) is 19.7. The number of methoxy groups -OCH3 is 2. The van der Waals surface area contributed by atoms with Gasteiger partial charge in [-0.1, -0.05) is 198 Å². The van der Waals surface area contributed by atoms with Crippen LogP contribution in [0.2, 0.25) is 0 Å². The number of fused-ring (bicyclic) bond motifs is 16. The number of esters is 2. The third kappa shape index (κ3) is 11.6. The van der Waals surface area contributed by atoms with Crippen molar-refractivity contribution in [3.05, 3.63) is 309 Å². The van der Waals surface area contributed by atoms with Gasteiger partial charge < -0.3 is 48.0 Å². The highest BCUT2D eigenvalue weighted by Crippen LogP contribution is 2.62. The minimum Gasteiger partial charge on any atom is -0.495 e. The molecule has 4 fully saturated rings. The molecule has 12 nitrogen and oxygen atoms in total. The zero-order valence-electron chi connectivity index (χ0n) is 65.8. The number of carbonyl (C=O) groups excluding carboxylic acids is 2. The van der Waals surface area contributed by atoms with Crippen LogP contribution in [0.25, 0.3) is 67.1 Å². The molecule has 0 radical (unpaired) electrons. The molecule has 0 saturated carbocycles. The summed E-state index contributed by atoms with van der Waals surface area (Å²) >= 11 is 0. The fourth-order valence-corrected chi connectivity index (χ4v) is 20.3. The lowest BCUT2D eigenvalue weighted by molar-refractivity contribution is 0.0235. The van der Waals surface area contributed by atoms with Crippen molar-refractivity contribution in [2.24, 2.45) is 0 Å². The van der Waals surface area contributed by atoms with Crippen molar-refractivity contribution in [3.8, 4) is 56.4 Å². The van der Waals surface area contributed by atoms with E-state index in [0.717, 1.165) is 127 Å². The Morgan fingerprint density at radius 1 is 0.377 bits per heavy atom. The fraction of sp³-hybridized carbons (Fsp3) is 0.275. The van der Waals surface area contributed by atoms with E-state index in [1.54, 1.807) is 14.2 Å². The second kappa shape index (κ2) is 28.0. The zero-order chi connectivity index (χ0) is 77.2. The predicted molar refractivity (Wildman–Crippen MR) is 459 cm³/mol. The minimum absolute atomic E-state index is 0.266. The first-order valence-corrected chi connectivity index (χ1v) is 41.0. The van der Waals surface area contributed by atoms with Crippen LogP contribution in [0.4, 0.5) is 22.7 Å². The van der Waals surface area contributed by atoms with Crippen molar-refractivity contribution in [1.82, 2.24) is 0 Å². The van der Waals surface area contributed by atoms with Crippen LogP contribution in [0.3, 0.4) is 0 Å². The van der Waals surface area contributed by atoms with Crippen molar-refractivity contribution < 1.29 is 38.0 Å². The van der Waals surface area contributed by atoms with E-state index in [2.05, 4.69) is 254 Å². The summed E-state index contributed by atoms with van der Waals surface area (Å²) in [6.45, 7) is 16.4.